The number of aromatic nitrogens is 4. The monoisotopic (exact) mass is 879 g/mol. The van der Waals surface area contributed by atoms with Gasteiger partial charge in [-0.15, -0.1) is 12.1 Å². The van der Waals surface area contributed by atoms with Gasteiger partial charge in [0, 0.05) is 68.3 Å². The van der Waals surface area contributed by atoms with E-state index in [2.05, 4.69) is 32.1 Å². The fraction of sp³-hybridized carbons (Fsp3) is 0.375. The molecule has 49 heavy (non-hydrogen) atoms. The van der Waals surface area contributed by atoms with Crippen LogP contribution >= 0.6 is 0 Å². The molecule has 4 aromatic rings. The van der Waals surface area contributed by atoms with E-state index in [4.69, 9.17) is 0 Å². The largest absolute Gasteiger partial charge is 2.00 e. The molecular formula is C32H26F10N6Pt. The van der Waals surface area contributed by atoms with Crippen LogP contribution in [-0.4, -0.2) is 48.1 Å². The average Bonchev–Trinajstić information content (AvgIpc) is 2.94. The van der Waals surface area contributed by atoms with Gasteiger partial charge in [0.2, 0.25) is 0 Å². The van der Waals surface area contributed by atoms with Gasteiger partial charge >= 0.3 is 33.4 Å². The Balaban J connectivity index is 0.00000541. The number of anilines is 2. The van der Waals surface area contributed by atoms with Crippen LogP contribution < -0.4 is 9.80 Å². The first-order valence-electron chi connectivity index (χ1n) is 14.1. The Labute approximate surface area is 288 Å². The zero-order valence-corrected chi connectivity index (χ0v) is 29.2. The normalized spacial score (nSPS) is 14.9. The van der Waals surface area contributed by atoms with Crippen molar-refractivity contribution in [2.75, 3.05) is 38.0 Å². The third kappa shape index (κ3) is 6.25. The molecule has 264 valence electrons. The van der Waals surface area contributed by atoms with E-state index >= 15 is 17.6 Å². The summed E-state index contributed by atoms with van der Waals surface area (Å²) in [5, 5.41) is 0. The van der Waals surface area contributed by atoms with Gasteiger partial charge in [0.25, 0.3) is 0 Å². The Bertz CT molecular complexity index is 1830. The molecule has 0 saturated heterocycles. The summed E-state index contributed by atoms with van der Waals surface area (Å²) in [6, 6.07) is 7.20. The molecule has 0 unspecified atom stereocenters. The molecule has 2 aromatic heterocycles. The third-order valence-electron chi connectivity index (χ3n) is 8.14. The molecule has 2 aromatic carbocycles. The second kappa shape index (κ2) is 12.2. The van der Waals surface area contributed by atoms with Crippen LogP contribution in [0.3, 0.4) is 0 Å². The van der Waals surface area contributed by atoms with E-state index in [1.165, 1.54) is 64.0 Å². The Morgan fingerprint density at radius 3 is 1.16 bits per heavy atom. The first-order chi connectivity index (χ1) is 21.9. The van der Waals surface area contributed by atoms with Gasteiger partial charge in [0.15, 0.2) is 0 Å². The van der Waals surface area contributed by atoms with Crippen molar-refractivity contribution in [3.63, 3.8) is 0 Å². The molecule has 17 heteroatoms. The third-order valence-corrected chi connectivity index (χ3v) is 8.14. The van der Waals surface area contributed by atoms with Crippen LogP contribution in [0, 0.1) is 35.4 Å². The van der Waals surface area contributed by atoms with Crippen LogP contribution in [0.1, 0.15) is 61.3 Å². The number of fused-ring (bicyclic) bond motifs is 10. The number of nitrogens with zero attached hydrogens (tertiary/aromatic N) is 6. The minimum atomic E-state index is -5.70. The van der Waals surface area contributed by atoms with Crippen molar-refractivity contribution in [2.24, 2.45) is 0 Å². The van der Waals surface area contributed by atoms with E-state index in [-0.39, 0.29) is 44.1 Å². The maximum Gasteiger partial charge on any atom is 2.00 e. The maximum absolute atomic E-state index is 15.9. The zero-order valence-electron chi connectivity index (χ0n) is 26.9. The van der Waals surface area contributed by atoms with Crippen molar-refractivity contribution in [1.82, 2.24) is 19.9 Å². The number of hydrogen-bond acceptors (Lipinski definition) is 6. The fourth-order valence-corrected chi connectivity index (χ4v) is 5.28. The van der Waals surface area contributed by atoms with E-state index in [9.17, 15) is 26.3 Å². The standard InChI is InChI=1S/C32H26F10N6.Pt/c1-29(2)15-9-13(23(33)21(25(15)35)31(37,38)39)27-43-17(11-19(45-27)47(5)6)30(3,4)18-12-20(48(7)8)46-28(44-18)14-10-16(29)26(36)22(24(14)34)32(40,41)42;/h11-12H,1-8H3;/q-2;+2. The van der Waals surface area contributed by atoms with Gasteiger partial charge < -0.3 is 9.80 Å². The van der Waals surface area contributed by atoms with Crippen molar-refractivity contribution >= 4 is 11.6 Å². The van der Waals surface area contributed by atoms with Crippen molar-refractivity contribution in [1.29, 1.82) is 0 Å². The zero-order chi connectivity index (χ0) is 36.0. The first kappa shape index (κ1) is 38.0. The summed E-state index contributed by atoms with van der Waals surface area (Å²) >= 11 is 0. The molecule has 0 aliphatic carbocycles. The second-order valence-electron chi connectivity index (χ2n) is 12.7. The molecule has 5 rings (SSSR count). The molecule has 1 aliphatic rings. The van der Waals surface area contributed by atoms with Crippen LogP contribution in [-0.2, 0) is 44.2 Å². The van der Waals surface area contributed by atoms with Gasteiger partial charge in [-0.25, -0.2) is 0 Å². The smallest absolute Gasteiger partial charge is 0.363 e. The van der Waals surface area contributed by atoms with E-state index in [1.54, 1.807) is 0 Å². The number of halogens is 10. The van der Waals surface area contributed by atoms with Gasteiger partial charge in [-0.2, -0.15) is 26.3 Å². The Kier molecular flexibility index (Phi) is 9.46. The van der Waals surface area contributed by atoms with Crippen LogP contribution in [0.2, 0.25) is 0 Å². The second-order valence-corrected chi connectivity index (χ2v) is 12.7. The van der Waals surface area contributed by atoms with E-state index in [1.807, 2.05) is 0 Å². The number of benzene rings is 2. The van der Waals surface area contributed by atoms with Crippen molar-refractivity contribution in [3.8, 4) is 22.8 Å². The van der Waals surface area contributed by atoms with Gasteiger partial charge in [-0.1, -0.05) is 36.1 Å². The molecule has 0 saturated carbocycles. The molecule has 6 nitrogen and oxygen atoms in total. The molecule has 1 aliphatic heterocycles. The average molecular weight is 880 g/mol. The molecule has 0 N–H and O–H groups in total. The SMILES string of the molecule is CN(C)c1cc2nc(n1)-c1[c-]c(c(F)c(C(F)(F)F)c1F)C(C)(C)c1[c-]c(c(F)c(C(F)(F)F)c1F)-c1nc(N(C)C)cc(n1)C2(C)C.[Pt+2]. The number of rotatable bonds is 2. The summed E-state index contributed by atoms with van der Waals surface area (Å²) in [6.45, 7) is 4.79. The van der Waals surface area contributed by atoms with Crippen molar-refractivity contribution < 1.29 is 65.0 Å². The van der Waals surface area contributed by atoms with Gasteiger partial charge in [-0.3, -0.25) is 37.5 Å². The van der Waals surface area contributed by atoms with E-state index < -0.39 is 91.5 Å². The van der Waals surface area contributed by atoms with Crippen LogP contribution in [0.5, 0.6) is 0 Å². The van der Waals surface area contributed by atoms with E-state index in [0.29, 0.717) is 0 Å². The molecule has 3 heterocycles. The Hall–Kier alpha value is -3.81. The van der Waals surface area contributed by atoms with Crippen LogP contribution in [0.15, 0.2) is 12.1 Å². The molecule has 0 fully saturated rings. The topological polar surface area (TPSA) is 58.0 Å². The number of hydrogen-bond donors (Lipinski definition) is 0. The molecule has 8 bridgehead atoms. The summed E-state index contributed by atoms with van der Waals surface area (Å²) < 4.78 is 150. The molecule has 0 radical (unpaired) electrons. The predicted octanol–water partition coefficient (Wildman–Crippen LogP) is 7.89. The molecule has 0 spiro atoms. The molecule has 0 amide bonds. The van der Waals surface area contributed by atoms with Crippen LogP contribution in [0.4, 0.5) is 55.5 Å². The minimum absolute atomic E-state index is 0. The number of alkyl halides is 6. The molecular weight excluding hydrogens is 853 g/mol. The van der Waals surface area contributed by atoms with Gasteiger partial charge in [0.05, 0.1) is 34.9 Å². The Morgan fingerprint density at radius 1 is 0.551 bits per heavy atom. The first-order valence-corrected chi connectivity index (χ1v) is 14.1. The minimum Gasteiger partial charge on any atom is -0.363 e. The summed E-state index contributed by atoms with van der Waals surface area (Å²) in [7, 11) is 6.11. The summed E-state index contributed by atoms with van der Waals surface area (Å²) in [5.74, 6) is -10.1. The summed E-state index contributed by atoms with van der Waals surface area (Å²) in [6.07, 6.45) is -11.4. The van der Waals surface area contributed by atoms with Crippen LogP contribution in [0.25, 0.3) is 22.8 Å². The summed E-state index contributed by atoms with van der Waals surface area (Å²) in [5.41, 5.74) is -13.4. The van der Waals surface area contributed by atoms with Crippen molar-refractivity contribution in [2.45, 2.75) is 50.9 Å². The Morgan fingerprint density at radius 2 is 0.878 bits per heavy atom. The fourth-order valence-electron chi connectivity index (χ4n) is 5.28. The van der Waals surface area contributed by atoms with Crippen molar-refractivity contribution in [3.05, 3.63) is 81.2 Å². The molecule has 0 atom stereocenters. The van der Waals surface area contributed by atoms with E-state index in [0.717, 1.165) is 13.8 Å². The quantitative estimate of drug-likeness (QED) is 0.151. The predicted molar refractivity (Wildman–Crippen MR) is 155 cm³/mol. The maximum atomic E-state index is 15.9. The van der Waals surface area contributed by atoms with Gasteiger partial charge in [0.1, 0.15) is 11.6 Å². The van der Waals surface area contributed by atoms with Gasteiger partial charge in [-0.05, 0) is 19.3 Å². The summed E-state index contributed by atoms with van der Waals surface area (Å²) in [4.78, 5) is 19.9.